The maximum atomic E-state index is 4.76. The van der Waals surface area contributed by atoms with Gasteiger partial charge in [0.05, 0.1) is 5.52 Å². The molecule has 0 bridgehead atoms. The van der Waals surface area contributed by atoms with Crippen LogP contribution in [0.4, 0.5) is 0 Å². The van der Waals surface area contributed by atoms with Crippen molar-refractivity contribution in [2.75, 3.05) is 0 Å². The Morgan fingerprint density at radius 3 is 1.81 bits per heavy atom. The number of fused-ring (bicyclic) bond motifs is 2. The third-order valence-electron chi connectivity index (χ3n) is 8.76. The SMILES string of the molecule is c1ccc2c(-c3ccc(-c4ccc5ccc6c(-c7cccc8cccnc78)ccc7ccc4c5c76)cc3)cncc2c1. The molecular weight excluding hydrogens is 508 g/mol. The second kappa shape index (κ2) is 8.95. The summed E-state index contributed by atoms with van der Waals surface area (Å²) in [6, 6.07) is 46.2. The number of para-hydroxylation sites is 1. The van der Waals surface area contributed by atoms with E-state index in [1.807, 2.05) is 24.7 Å². The smallest absolute Gasteiger partial charge is 0.0780 e. The molecule has 2 nitrogen and oxygen atoms in total. The summed E-state index contributed by atoms with van der Waals surface area (Å²) >= 11 is 0. The van der Waals surface area contributed by atoms with Crippen molar-refractivity contribution in [3.8, 4) is 33.4 Å². The number of aromatic nitrogens is 2. The van der Waals surface area contributed by atoms with Gasteiger partial charge in [-0.05, 0) is 66.0 Å². The Balaban J connectivity index is 1.24. The highest BCUT2D eigenvalue weighted by Crippen LogP contribution is 2.43. The molecule has 2 heterocycles. The first-order chi connectivity index (χ1) is 20.8. The Bertz CT molecular complexity index is 2450. The fourth-order valence-electron chi connectivity index (χ4n) is 6.79. The predicted octanol–water partition coefficient (Wildman–Crippen LogP) is 10.7. The molecule has 42 heavy (non-hydrogen) atoms. The summed E-state index contributed by atoms with van der Waals surface area (Å²) in [4.78, 5) is 9.26. The van der Waals surface area contributed by atoms with Gasteiger partial charge in [0.25, 0.3) is 0 Å². The first kappa shape index (κ1) is 23.1. The van der Waals surface area contributed by atoms with E-state index >= 15 is 0 Å². The zero-order chi connectivity index (χ0) is 27.6. The van der Waals surface area contributed by atoms with Crippen molar-refractivity contribution in [2.45, 2.75) is 0 Å². The van der Waals surface area contributed by atoms with Gasteiger partial charge in [-0.3, -0.25) is 9.97 Å². The van der Waals surface area contributed by atoms with E-state index < -0.39 is 0 Å². The first-order valence-corrected chi connectivity index (χ1v) is 14.3. The monoisotopic (exact) mass is 532 g/mol. The minimum Gasteiger partial charge on any atom is -0.263 e. The van der Waals surface area contributed by atoms with Gasteiger partial charge in [-0.15, -0.1) is 0 Å². The van der Waals surface area contributed by atoms with Crippen LogP contribution in [-0.2, 0) is 0 Å². The molecule has 2 aromatic heterocycles. The van der Waals surface area contributed by atoms with Crippen molar-refractivity contribution < 1.29 is 0 Å². The highest BCUT2D eigenvalue weighted by atomic mass is 14.6. The molecule has 0 aliphatic heterocycles. The molecule has 0 amide bonds. The zero-order valence-electron chi connectivity index (χ0n) is 22.8. The number of pyridine rings is 2. The molecule has 0 saturated heterocycles. The summed E-state index contributed by atoms with van der Waals surface area (Å²) in [7, 11) is 0. The normalized spacial score (nSPS) is 11.8. The molecule has 0 unspecified atom stereocenters. The fraction of sp³-hybridized carbons (Fsp3) is 0. The van der Waals surface area contributed by atoms with Crippen LogP contribution in [0.25, 0.3) is 87.4 Å². The van der Waals surface area contributed by atoms with Crippen molar-refractivity contribution in [1.29, 1.82) is 0 Å². The Kier molecular flexibility index (Phi) is 4.93. The van der Waals surface area contributed by atoms with Gasteiger partial charge in [0.2, 0.25) is 0 Å². The Morgan fingerprint density at radius 2 is 1.00 bits per heavy atom. The summed E-state index contributed by atoms with van der Waals surface area (Å²) < 4.78 is 0. The first-order valence-electron chi connectivity index (χ1n) is 14.3. The van der Waals surface area contributed by atoms with Crippen LogP contribution in [0.3, 0.4) is 0 Å². The molecule has 0 saturated carbocycles. The number of rotatable bonds is 3. The van der Waals surface area contributed by atoms with E-state index in [0.717, 1.165) is 21.9 Å². The van der Waals surface area contributed by atoms with Crippen LogP contribution >= 0.6 is 0 Å². The van der Waals surface area contributed by atoms with E-state index in [2.05, 4.69) is 126 Å². The number of hydrogen-bond acceptors (Lipinski definition) is 2. The van der Waals surface area contributed by atoms with Crippen LogP contribution in [0.2, 0.25) is 0 Å². The molecule has 0 aliphatic carbocycles. The Labute approximate surface area is 242 Å². The maximum Gasteiger partial charge on any atom is 0.0780 e. The molecule has 0 N–H and O–H groups in total. The van der Waals surface area contributed by atoms with E-state index in [1.54, 1.807) is 0 Å². The van der Waals surface area contributed by atoms with E-state index in [4.69, 9.17) is 4.98 Å². The number of nitrogens with zero attached hydrogens (tertiary/aromatic N) is 2. The van der Waals surface area contributed by atoms with Crippen LogP contribution in [0.5, 0.6) is 0 Å². The molecule has 0 atom stereocenters. The van der Waals surface area contributed by atoms with Gasteiger partial charge in [-0.25, -0.2) is 0 Å². The molecule has 2 heteroatoms. The van der Waals surface area contributed by atoms with Crippen LogP contribution in [0.1, 0.15) is 0 Å². The van der Waals surface area contributed by atoms with Crippen molar-refractivity contribution >= 4 is 54.0 Å². The summed E-state index contributed by atoms with van der Waals surface area (Å²) in [5.41, 5.74) is 8.22. The molecule has 194 valence electrons. The van der Waals surface area contributed by atoms with Crippen molar-refractivity contribution in [3.63, 3.8) is 0 Å². The van der Waals surface area contributed by atoms with Crippen molar-refractivity contribution in [1.82, 2.24) is 9.97 Å². The second-order valence-corrected chi connectivity index (χ2v) is 11.0. The van der Waals surface area contributed by atoms with Gasteiger partial charge in [0.15, 0.2) is 0 Å². The third kappa shape index (κ3) is 3.39. The average Bonchev–Trinajstić information content (AvgIpc) is 3.06. The molecule has 0 fully saturated rings. The predicted molar refractivity (Wildman–Crippen MR) is 177 cm³/mol. The van der Waals surface area contributed by atoms with Gasteiger partial charge < -0.3 is 0 Å². The van der Waals surface area contributed by atoms with Gasteiger partial charge in [0, 0.05) is 40.5 Å². The molecule has 9 rings (SSSR count). The second-order valence-electron chi connectivity index (χ2n) is 11.0. The number of benzene rings is 7. The number of hydrogen-bond donors (Lipinski definition) is 0. The Hall–Kier alpha value is -5.60. The molecular formula is C40H24N2. The highest BCUT2D eigenvalue weighted by molar-refractivity contribution is 6.28. The van der Waals surface area contributed by atoms with Gasteiger partial charge in [0.1, 0.15) is 0 Å². The van der Waals surface area contributed by atoms with E-state index in [9.17, 15) is 0 Å². The zero-order valence-corrected chi connectivity index (χ0v) is 22.8. The van der Waals surface area contributed by atoms with Crippen LogP contribution in [0, 0.1) is 0 Å². The lowest BCUT2D eigenvalue weighted by Gasteiger charge is -2.17. The lowest BCUT2D eigenvalue weighted by molar-refractivity contribution is 1.36. The average molecular weight is 533 g/mol. The quantitative estimate of drug-likeness (QED) is 0.212. The summed E-state index contributed by atoms with van der Waals surface area (Å²) in [5.74, 6) is 0. The van der Waals surface area contributed by atoms with Gasteiger partial charge in [-0.1, -0.05) is 121 Å². The van der Waals surface area contributed by atoms with E-state index in [-0.39, 0.29) is 0 Å². The Morgan fingerprint density at radius 1 is 0.357 bits per heavy atom. The van der Waals surface area contributed by atoms with Crippen LogP contribution in [0.15, 0.2) is 146 Å². The minimum atomic E-state index is 1.04. The summed E-state index contributed by atoms with van der Waals surface area (Å²) in [6.07, 6.45) is 5.78. The van der Waals surface area contributed by atoms with Crippen LogP contribution < -0.4 is 0 Å². The fourth-order valence-corrected chi connectivity index (χ4v) is 6.79. The summed E-state index contributed by atoms with van der Waals surface area (Å²) in [5, 5.41) is 11.2. The lowest BCUT2D eigenvalue weighted by Crippen LogP contribution is -1.91. The standard InChI is InChI=1S/C40H24N2/c1-2-8-31-30(5-1)23-41-24-37(31)26-12-10-25(11-13-26)32-18-14-27-17-21-35-33(19-15-28-16-20-34(32)38(27)39(28)35)36-9-3-6-29-7-4-22-42-40(29)36/h1-24H. The summed E-state index contributed by atoms with van der Waals surface area (Å²) in [6.45, 7) is 0. The van der Waals surface area contributed by atoms with Gasteiger partial charge >= 0.3 is 0 Å². The molecule has 7 aromatic carbocycles. The topological polar surface area (TPSA) is 25.8 Å². The lowest BCUT2D eigenvalue weighted by atomic mass is 9.86. The van der Waals surface area contributed by atoms with Crippen molar-refractivity contribution in [3.05, 3.63) is 146 Å². The van der Waals surface area contributed by atoms with E-state index in [1.165, 1.54) is 65.5 Å². The highest BCUT2D eigenvalue weighted by Gasteiger charge is 2.16. The van der Waals surface area contributed by atoms with Gasteiger partial charge in [-0.2, -0.15) is 0 Å². The molecule has 0 aliphatic rings. The largest absolute Gasteiger partial charge is 0.263 e. The molecule has 9 aromatic rings. The van der Waals surface area contributed by atoms with Crippen LogP contribution in [-0.4, -0.2) is 9.97 Å². The minimum absolute atomic E-state index is 1.04. The third-order valence-corrected chi connectivity index (χ3v) is 8.76. The van der Waals surface area contributed by atoms with Crippen molar-refractivity contribution in [2.24, 2.45) is 0 Å². The maximum absolute atomic E-state index is 4.76. The van der Waals surface area contributed by atoms with E-state index in [0.29, 0.717) is 0 Å². The molecule has 0 spiro atoms. The molecule has 0 radical (unpaired) electrons.